The van der Waals surface area contributed by atoms with E-state index in [0.717, 1.165) is 18.2 Å². The molecule has 4 N–H and O–H groups in total. The Labute approximate surface area is 126 Å². The fourth-order valence-corrected chi connectivity index (χ4v) is 1.67. The summed E-state index contributed by atoms with van der Waals surface area (Å²) < 4.78 is 43.3. The number of aliphatic hydroxyl groups excluding tert-OH is 1. The van der Waals surface area contributed by atoms with Gasteiger partial charge in [-0.3, -0.25) is 5.32 Å². The topological polar surface area (TPSA) is 84.6 Å². The maximum Gasteiger partial charge on any atom is 0.416 e. The van der Waals surface area contributed by atoms with E-state index >= 15 is 0 Å². The molecule has 0 unspecified atom stereocenters. The van der Waals surface area contributed by atoms with Crippen LogP contribution in [0.4, 0.5) is 23.7 Å². The van der Waals surface area contributed by atoms with E-state index in [1.54, 1.807) is 20.8 Å². The van der Waals surface area contributed by atoms with Gasteiger partial charge >= 0.3 is 12.3 Å². The van der Waals surface area contributed by atoms with Crippen LogP contribution in [0.25, 0.3) is 0 Å². The number of alkyl halides is 3. The Bertz CT molecular complexity index is 539. The lowest BCUT2D eigenvalue weighted by Crippen LogP contribution is -2.28. The van der Waals surface area contributed by atoms with E-state index in [9.17, 15) is 23.1 Å². The second-order valence-electron chi connectivity index (χ2n) is 5.68. The smallest absolute Gasteiger partial charge is 0.416 e. The Balaban J connectivity index is 3.14. The van der Waals surface area contributed by atoms with Crippen molar-refractivity contribution in [1.29, 1.82) is 0 Å². The standard InChI is InChI=1S/C14H19F3N2O3/c1-13(2,3)22-12(21)19-10-6-8(14(15,16)17)4-5-9(10)11(20)7-18/h4-6,11,20H,7,18H2,1-3H3,(H,19,21)/t11-/m1/s1. The molecule has 0 fully saturated rings. The van der Waals surface area contributed by atoms with Crippen LogP contribution in [0.5, 0.6) is 0 Å². The molecule has 0 heterocycles. The third kappa shape index (κ3) is 5.19. The van der Waals surface area contributed by atoms with Crippen molar-refractivity contribution in [2.45, 2.75) is 38.7 Å². The highest BCUT2D eigenvalue weighted by atomic mass is 19.4. The van der Waals surface area contributed by atoms with Crippen LogP contribution >= 0.6 is 0 Å². The predicted octanol–water partition coefficient (Wildman–Crippen LogP) is 3.04. The van der Waals surface area contributed by atoms with E-state index in [4.69, 9.17) is 10.5 Å². The number of aliphatic hydroxyl groups is 1. The lowest BCUT2D eigenvalue weighted by atomic mass is 10.0. The van der Waals surface area contributed by atoms with E-state index < -0.39 is 29.5 Å². The summed E-state index contributed by atoms with van der Waals surface area (Å²) in [5, 5.41) is 12.0. The van der Waals surface area contributed by atoms with Crippen molar-refractivity contribution in [3.63, 3.8) is 0 Å². The van der Waals surface area contributed by atoms with Gasteiger partial charge in [-0.25, -0.2) is 4.79 Å². The second kappa shape index (κ2) is 6.53. The molecule has 0 spiro atoms. The summed E-state index contributed by atoms with van der Waals surface area (Å²) in [7, 11) is 0. The molecule has 8 heteroatoms. The Kier molecular flexibility index (Phi) is 5.42. The number of benzene rings is 1. The fourth-order valence-electron chi connectivity index (χ4n) is 1.67. The molecule has 0 aromatic heterocycles. The van der Waals surface area contributed by atoms with Gasteiger partial charge in [-0.1, -0.05) is 6.07 Å². The zero-order valence-electron chi connectivity index (χ0n) is 12.5. The third-order valence-electron chi connectivity index (χ3n) is 2.60. The molecule has 0 bridgehead atoms. The number of nitrogens with one attached hydrogen (secondary N) is 1. The molecule has 0 saturated carbocycles. The first-order valence-electron chi connectivity index (χ1n) is 6.53. The lowest BCUT2D eigenvalue weighted by Gasteiger charge is -2.22. The van der Waals surface area contributed by atoms with Crippen molar-refractivity contribution < 1.29 is 27.8 Å². The van der Waals surface area contributed by atoms with Gasteiger partial charge in [0.15, 0.2) is 0 Å². The maximum atomic E-state index is 12.8. The molecule has 22 heavy (non-hydrogen) atoms. The van der Waals surface area contributed by atoms with Crippen molar-refractivity contribution >= 4 is 11.8 Å². The van der Waals surface area contributed by atoms with Crippen molar-refractivity contribution in [3.8, 4) is 0 Å². The molecule has 0 saturated heterocycles. The van der Waals surface area contributed by atoms with Crippen LogP contribution in [0.1, 0.15) is 38.0 Å². The van der Waals surface area contributed by atoms with Crippen LogP contribution in [-0.4, -0.2) is 23.3 Å². The average Bonchev–Trinajstić information content (AvgIpc) is 2.34. The van der Waals surface area contributed by atoms with E-state index in [0.29, 0.717) is 0 Å². The van der Waals surface area contributed by atoms with Crippen LogP contribution < -0.4 is 11.1 Å². The van der Waals surface area contributed by atoms with Gasteiger partial charge in [-0.2, -0.15) is 13.2 Å². The summed E-state index contributed by atoms with van der Waals surface area (Å²) in [4.78, 5) is 11.7. The number of carbonyl (C=O) groups excluding carboxylic acids is 1. The number of hydrogen-bond acceptors (Lipinski definition) is 4. The van der Waals surface area contributed by atoms with Crippen LogP contribution in [0, 0.1) is 0 Å². The normalized spacial score (nSPS) is 13.6. The lowest BCUT2D eigenvalue weighted by molar-refractivity contribution is -0.137. The number of hydrogen-bond donors (Lipinski definition) is 3. The van der Waals surface area contributed by atoms with Gasteiger partial charge in [0.1, 0.15) is 5.60 Å². The summed E-state index contributed by atoms with van der Waals surface area (Å²) in [6.45, 7) is 4.66. The number of halogens is 3. The number of amides is 1. The van der Waals surface area contributed by atoms with Gasteiger partial charge in [0.2, 0.25) is 0 Å². The molecule has 0 aliphatic rings. The summed E-state index contributed by atoms with van der Waals surface area (Å²) in [5.41, 5.74) is 3.45. The van der Waals surface area contributed by atoms with Crippen LogP contribution in [0.2, 0.25) is 0 Å². The number of carbonyl (C=O) groups is 1. The second-order valence-corrected chi connectivity index (χ2v) is 5.68. The highest BCUT2D eigenvalue weighted by molar-refractivity contribution is 5.86. The highest BCUT2D eigenvalue weighted by Crippen LogP contribution is 2.34. The van der Waals surface area contributed by atoms with E-state index in [-0.39, 0.29) is 17.8 Å². The zero-order valence-corrected chi connectivity index (χ0v) is 12.5. The van der Waals surface area contributed by atoms with Crippen LogP contribution in [0.3, 0.4) is 0 Å². The monoisotopic (exact) mass is 320 g/mol. The van der Waals surface area contributed by atoms with E-state index in [1.165, 1.54) is 0 Å². The summed E-state index contributed by atoms with van der Waals surface area (Å²) in [6, 6.07) is 2.62. The number of ether oxygens (including phenoxy) is 1. The Morgan fingerprint density at radius 3 is 2.41 bits per heavy atom. The van der Waals surface area contributed by atoms with Gasteiger partial charge in [0.05, 0.1) is 17.4 Å². The predicted molar refractivity (Wildman–Crippen MR) is 75.3 cm³/mol. The van der Waals surface area contributed by atoms with Crippen molar-refractivity contribution in [2.75, 3.05) is 11.9 Å². The first-order chi connectivity index (χ1) is 9.94. The Hall–Kier alpha value is -1.80. The minimum absolute atomic E-state index is 0.0846. The van der Waals surface area contributed by atoms with Gasteiger partial charge in [-0.05, 0) is 32.9 Å². The molecule has 5 nitrogen and oxygen atoms in total. The van der Waals surface area contributed by atoms with E-state index in [1.807, 2.05) is 0 Å². The van der Waals surface area contributed by atoms with Crippen molar-refractivity contribution in [1.82, 2.24) is 0 Å². The SMILES string of the molecule is CC(C)(C)OC(=O)Nc1cc(C(F)(F)F)ccc1[C@H](O)CN. The van der Waals surface area contributed by atoms with Crippen LogP contribution in [0.15, 0.2) is 18.2 Å². The number of nitrogens with two attached hydrogens (primary N) is 1. The van der Waals surface area contributed by atoms with E-state index in [2.05, 4.69) is 5.32 Å². The average molecular weight is 320 g/mol. The van der Waals surface area contributed by atoms with Gasteiger partial charge in [0, 0.05) is 12.1 Å². The van der Waals surface area contributed by atoms with Crippen molar-refractivity contribution in [2.24, 2.45) is 5.73 Å². The molecule has 0 radical (unpaired) electrons. The third-order valence-corrected chi connectivity index (χ3v) is 2.60. The zero-order chi connectivity index (χ0) is 17.1. The molecule has 1 aromatic rings. The molecule has 124 valence electrons. The van der Waals surface area contributed by atoms with Gasteiger partial charge < -0.3 is 15.6 Å². The fraction of sp³-hybridized carbons (Fsp3) is 0.500. The minimum atomic E-state index is -4.57. The summed E-state index contributed by atoms with van der Waals surface area (Å²) in [5.74, 6) is 0. The molecule has 1 amide bonds. The van der Waals surface area contributed by atoms with Gasteiger partial charge in [-0.15, -0.1) is 0 Å². The summed E-state index contributed by atoms with van der Waals surface area (Å²) >= 11 is 0. The molecule has 0 aliphatic heterocycles. The quantitative estimate of drug-likeness (QED) is 0.799. The Morgan fingerprint density at radius 2 is 1.95 bits per heavy atom. The molecule has 1 rings (SSSR count). The van der Waals surface area contributed by atoms with Crippen molar-refractivity contribution in [3.05, 3.63) is 29.3 Å². The first kappa shape index (κ1) is 18.2. The number of rotatable bonds is 3. The molecular formula is C14H19F3N2O3. The molecule has 0 aliphatic carbocycles. The van der Waals surface area contributed by atoms with Crippen LogP contribution in [-0.2, 0) is 10.9 Å². The molecule has 1 atom stereocenters. The first-order valence-corrected chi connectivity index (χ1v) is 6.53. The molecule has 1 aromatic carbocycles. The highest BCUT2D eigenvalue weighted by Gasteiger charge is 2.32. The largest absolute Gasteiger partial charge is 0.444 e. The summed E-state index contributed by atoms with van der Waals surface area (Å²) in [6.07, 6.45) is -6.69. The van der Waals surface area contributed by atoms with Gasteiger partial charge in [0.25, 0.3) is 0 Å². The Morgan fingerprint density at radius 1 is 1.36 bits per heavy atom. The minimum Gasteiger partial charge on any atom is -0.444 e. The molecular weight excluding hydrogens is 301 g/mol. The number of anilines is 1. The maximum absolute atomic E-state index is 12.8.